The number of pyridine rings is 1. The number of aromatic nitrogens is 1. The Bertz CT molecular complexity index is 599. The van der Waals surface area contributed by atoms with E-state index >= 15 is 0 Å². The van der Waals surface area contributed by atoms with E-state index < -0.39 is 0 Å². The summed E-state index contributed by atoms with van der Waals surface area (Å²) in [6.07, 6.45) is 1.93. The average molecular weight is 294 g/mol. The van der Waals surface area contributed by atoms with Gasteiger partial charge in [-0.2, -0.15) is 0 Å². The Balaban J connectivity index is 2.67. The third-order valence-electron chi connectivity index (χ3n) is 3.00. The third-order valence-corrected chi connectivity index (χ3v) is 3.29. The van der Waals surface area contributed by atoms with Gasteiger partial charge in [-0.15, -0.1) is 0 Å². The van der Waals surface area contributed by atoms with Gasteiger partial charge in [0.25, 0.3) is 0 Å². The first-order chi connectivity index (χ1) is 9.71. The molecule has 0 aliphatic rings. The molecule has 0 atom stereocenters. The van der Waals surface area contributed by atoms with Crippen molar-refractivity contribution in [2.75, 3.05) is 13.2 Å². The van der Waals surface area contributed by atoms with Crippen LogP contribution >= 0.6 is 11.6 Å². The zero-order chi connectivity index (χ0) is 14.5. The van der Waals surface area contributed by atoms with Crippen LogP contribution in [0.2, 0.25) is 5.02 Å². The van der Waals surface area contributed by atoms with Gasteiger partial charge in [0.15, 0.2) is 0 Å². The second-order valence-corrected chi connectivity index (χ2v) is 4.90. The van der Waals surface area contributed by atoms with Crippen LogP contribution in [0.1, 0.15) is 32.9 Å². The van der Waals surface area contributed by atoms with E-state index in [0.717, 1.165) is 40.9 Å². The third kappa shape index (κ3) is 2.98. The van der Waals surface area contributed by atoms with Gasteiger partial charge in [0.1, 0.15) is 17.0 Å². The fraction of sp³-hybridized carbons (Fsp3) is 0.438. The molecule has 108 valence electrons. The highest BCUT2D eigenvalue weighted by Gasteiger charge is 2.14. The van der Waals surface area contributed by atoms with Gasteiger partial charge in [-0.05, 0) is 38.5 Å². The van der Waals surface area contributed by atoms with E-state index in [-0.39, 0.29) is 0 Å². The fourth-order valence-corrected chi connectivity index (χ4v) is 2.53. The molecule has 0 saturated carbocycles. The fourth-order valence-electron chi connectivity index (χ4n) is 2.22. The standard InChI is InChI=1S/C16H20ClNO2/c1-4-7-11-10-12(17)15-13(19-5-2)8-9-14(20-6-3)16(15)18-11/h8-10H,4-7H2,1-3H3. The molecule has 0 saturated heterocycles. The molecule has 0 bridgehead atoms. The maximum Gasteiger partial charge on any atom is 0.145 e. The van der Waals surface area contributed by atoms with Crippen LogP contribution in [0, 0.1) is 0 Å². The quantitative estimate of drug-likeness (QED) is 0.777. The van der Waals surface area contributed by atoms with Crippen LogP contribution in [0.5, 0.6) is 11.5 Å². The van der Waals surface area contributed by atoms with Crippen molar-refractivity contribution in [1.82, 2.24) is 4.98 Å². The lowest BCUT2D eigenvalue weighted by atomic mass is 10.1. The number of rotatable bonds is 6. The van der Waals surface area contributed by atoms with Crippen molar-refractivity contribution in [2.45, 2.75) is 33.6 Å². The van der Waals surface area contributed by atoms with Crippen LogP contribution < -0.4 is 9.47 Å². The van der Waals surface area contributed by atoms with Gasteiger partial charge >= 0.3 is 0 Å². The van der Waals surface area contributed by atoms with Crippen molar-refractivity contribution in [3.05, 3.63) is 28.9 Å². The van der Waals surface area contributed by atoms with Gasteiger partial charge in [-0.1, -0.05) is 24.9 Å². The first-order valence-electron chi connectivity index (χ1n) is 7.08. The first-order valence-corrected chi connectivity index (χ1v) is 7.46. The minimum absolute atomic E-state index is 0.593. The van der Waals surface area contributed by atoms with Crippen LogP contribution in [-0.4, -0.2) is 18.2 Å². The van der Waals surface area contributed by atoms with Crippen molar-refractivity contribution in [1.29, 1.82) is 0 Å². The molecule has 1 aromatic heterocycles. The minimum atomic E-state index is 0.593. The Labute approximate surface area is 124 Å². The van der Waals surface area contributed by atoms with E-state index in [1.807, 2.05) is 32.0 Å². The van der Waals surface area contributed by atoms with E-state index in [2.05, 4.69) is 6.92 Å². The Kier molecular flexibility index (Phi) is 5.07. The van der Waals surface area contributed by atoms with Crippen molar-refractivity contribution in [2.24, 2.45) is 0 Å². The maximum absolute atomic E-state index is 6.44. The summed E-state index contributed by atoms with van der Waals surface area (Å²) >= 11 is 6.44. The van der Waals surface area contributed by atoms with Crippen molar-refractivity contribution >= 4 is 22.5 Å². The summed E-state index contributed by atoms with van der Waals surface area (Å²) < 4.78 is 11.3. The largest absolute Gasteiger partial charge is 0.493 e. The maximum atomic E-state index is 6.44. The van der Waals surface area contributed by atoms with E-state index in [4.69, 9.17) is 26.1 Å². The molecular weight excluding hydrogens is 274 g/mol. The summed E-state index contributed by atoms with van der Waals surface area (Å²) in [6.45, 7) is 7.23. The molecule has 0 fully saturated rings. The van der Waals surface area contributed by atoms with E-state index in [1.54, 1.807) is 0 Å². The highest BCUT2D eigenvalue weighted by molar-refractivity contribution is 6.36. The summed E-state index contributed by atoms with van der Waals surface area (Å²) in [7, 11) is 0. The predicted octanol–water partition coefficient (Wildman–Crippen LogP) is 4.64. The van der Waals surface area contributed by atoms with Crippen molar-refractivity contribution in [3.8, 4) is 11.5 Å². The van der Waals surface area contributed by atoms with Crippen LogP contribution in [0.4, 0.5) is 0 Å². The van der Waals surface area contributed by atoms with Crippen LogP contribution in [0.15, 0.2) is 18.2 Å². The number of hydrogen-bond acceptors (Lipinski definition) is 3. The lowest BCUT2D eigenvalue weighted by Crippen LogP contribution is -2.00. The lowest BCUT2D eigenvalue weighted by Gasteiger charge is -2.13. The first kappa shape index (κ1) is 14.9. The zero-order valence-electron chi connectivity index (χ0n) is 12.2. The Hall–Kier alpha value is -1.48. The molecule has 0 N–H and O–H groups in total. The number of halogens is 1. The van der Waals surface area contributed by atoms with Gasteiger partial charge in [-0.25, -0.2) is 4.98 Å². The molecular formula is C16H20ClNO2. The second kappa shape index (κ2) is 6.80. The van der Waals surface area contributed by atoms with Crippen molar-refractivity contribution in [3.63, 3.8) is 0 Å². The summed E-state index contributed by atoms with van der Waals surface area (Å²) in [5.74, 6) is 1.51. The molecule has 0 spiro atoms. The topological polar surface area (TPSA) is 31.4 Å². The number of fused-ring (bicyclic) bond motifs is 1. The Morgan fingerprint density at radius 2 is 1.70 bits per heavy atom. The Morgan fingerprint density at radius 3 is 2.35 bits per heavy atom. The molecule has 0 aliphatic carbocycles. The van der Waals surface area contributed by atoms with Gasteiger partial charge in [0, 0.05) is 5.69 Å². The van der Waals surface area contributed by atoms with E-state index in [9.17, 15) is 0 Å². The minimum Gasteiger partial charge on any atom is -0.493 e. The molecule has 0 unspecified atom stereocenters. The van der Waals surface area contributed by atoms with Gasteiger partial charge < -0.3 is 9.47 Å². The molecule has 2 aromatic rings. The highest BCUT2D eigenvalue weighted by atomic mass is 35.5. The normalized spacial score (nSPS) is 10.8. The zero-order valence-corrected chi connectivity index (χ0v) is 13.0. The number of hydrogen-bond donors (Lipinski definition) is 0. The van der Waals surface area contributed by atoms with Gasteiger partial charge in [0.05, 0.1) is 23.6 Å². The molecule has 1 heterocycles. The smallest absolute Gasteiger partial charge is 0.145 e. The number of nitrogens with zero attached hydrogens (tertiary/aromatic N) is 1. The summed E-state index contributed by atoms with van der Waals surface area (Å²) in [5.41, 5.74) is 1.77. The lowest BCUT2D eigenvalue weighted by molar-refractivity contribution is 0.336. The summed E-state index contributed by atoms with van der Waals surface area (Å²) in [6, 6.07) is 5.71. The van der Waals surface area contributed by atoms with Gasteiger partial charge in [-0.3, -0.25) is 0 Å². The molecule has 0 amide bonds. The average Bonchev–Trinajstić information content (AvgIpc) is 2.42. The molecule has 2 rings (SSSR count). The number of aryl methyl sites for hydroxylation is 1. The second-order valence-electron chi connectivity index (χ2n) is 4.50. The predicted molar refractivity (Wildman–Crippen MR) is 83.1 cm³/mol. The SMILES string of the molecule is CCCc1cc(Cl)c2c(OCC)ccc(OCC)c2n1. The Morgan fingerprint density at radius 1 is 1.05 bits per heavy atom. The molecule has 0 aliphatic heterocycles. The van der Waals surface area contributed by atoms with E-state index in [1.165, 1.54) is 0 Å². The van der Waals surface area contributed by atoms with Crippen LogP contribution in [0.25, 0.3) is 10.9 Å². The number of benzene rings is 1. The van der Waals surface area contributed by atoms with Crippen LogP contribution in [-0.2, 0) is 6.42 Å². The molecule has 4 heteroatoms. The summed E-state index contributed by atoms with van der Waals surface area (Å²) in [5, 5.41) is 1.50. The van der Waals surface area contributed by atoms with Crippen LogP contribution in [0.3, 0.4) is 0 Å². The molecule has 1 aromatic carbocycles. The molecule has 20 heavy (non-hydrogen) atoms. The number of ether oxygens (including phenoxy) is 2. The highest BCUT2D eigenvalue weighted by Crippen LogP contribution is 2.37. The molecule has 3 nitrogen and oxygen atoms in total. The van der Waals surface area contributed by atoms with Crippen molar-refractivity contribution < 1.29 is 9.47 Å². The van der Waals surface area contributed by atoms with Gasteiger partial charge in [0.2, 0.25) is 0 Å². The molecule has 0 radical (unpaired) electrons. The monoisotopic (exact) mass is 293 g/mol. The van der Waals surface area contributed by atoms with E-state index in [0.29, 0.717) is 18.2 Å². The summed E-state index contributed by atoms with van der Waals surface area (Å²) in [4.78, 5) is 4.70.